The average Bonchev–Trinajstić information content (AvgIpc) is 2.52. The predicted molar refractivity (Wildman–Crippen MR) is 71.0 cm³/mol. The normalized spacial score (nSPS) is 21.5. The van der Waals surface area contributed by atoms with Crippen LogP contribution in [0.2, 0.25) is 0 Å². The van der Waals surface area contributed by atoms with E-state index in [-0.39, 0.29) is 0 Å². The molecule has 0 amide bonds. The summed E-state index contributed by atoms with van der Waals surface area (Å²) in [5, 5.41) is 3.58. The van der Waals surface area contributed by atoms with Gasteiger partial charge in [0.2, 0.25) is 0 Å². The molecule has 1 aromatic carbocycles. The van der Waals surface area contributed by atoms with E-state index >= 15 is 0 Å². The van der Waals surface area contributed by atoms with Gasteiger partial charge >= 0.3 is 0 Å². The van der Waals surface area contributed by atoms with Gasteiger partial charge < -0.3 is 10.1 Å². The first kappa shape index (κ1) is 11.9. The lowest BCUT2D eigenvalue weighted by Gasteiger charge is -2.17. The molecular formula is C13H18BrNO. The van der Waals surface area contributed by atoms with E-state index in [1.807, 2.05) is 0 Å². The van der Waals surface area contributed by atoms with Crippen molar-refractivity contribution < 1.29 is 4.74 Å². The number of ether oxygens (including phenoxy) is 1. The van der Waals surface area contributed by atoms with Crippen molar-refractivity contribution in [3.05, 3.63) is 28.2 Å². The monoisotopic (exact) mass is 283 g/mol. The first-order valence-electron chi connectivity index (χ1n) is 5.86. The highest BCUT2D eigenvalue weighted by atomic mass is 79.9. The van der Waals surface area contributed by atoms with E-state index in [2.05, 4.69) is 46.4 Å². The second-order valence-corrected chi connectivity index (χ2v) is 5.20. The molecule has 0 bridgehead atoms. The van der Waals surface area contributed by atoms with Crippen molar-refractivity contribution >= 4 is 21.6 Å². The van der Waals surface area contributed by atoms with Crippen LogP contribution in [0.1, 0.15) is 24.8 Å². The molecule has 1 aliphatic heterocycles. The summed E-state index contributed by atoms with van der Waals surface area (Å²) in [6.45, 7) is 3.90. The van der Waals surface area contributed by atoms with E-state index in [1.54, 1.807) is 0 Å². The van der Waals surface area contributed by atoms with E-state index in [0.717, 1.165) is 26.1 Å². The van der Waals surface area contributed by atoms with Gasteiger partial charge in [0.1, 0.15) is 0 Å². The van der Waals surface area contributed by atoms with Gasteiger partial charge in [-0.1, -0.05) is 22.0 Å². The molecule has 1 fully saturated rings. The highest BCUT2D eigenvalue weighted by molar-refractivity contribution is 9.10. The van der Waals surface area contributed by atoms with Crippen LogP contribution < -0.4 is 5.32 Å². The molecule has 0 spiro atoms. The largest absolute Gasteiger partial charge is 0.382 e. The number of benzene rings is 1. The quantitative estimate of drug-likeness (QED) is 0.893. The van der Waals surface area contributed by atoms with Crippen molar-refractivity contribution in [2.75, 3.05) is 18.5 Å². The molecule has 2 rings (SSSR count). The summed E-state index contributed by atoms with van der Waals surface area (Å²) in [7, 11) is 0. The Labute approximate surface area is 106 Å². The molecule has 2 nitrogen and oxygen atoms in total. The van der Waals surface area contributed by atoms with E-state index in [1.165, 1.54) is 22.1 Å². The number of nitrogens with one attached hydrogen (secondary N) is 1. The molecule has 1 unspecified atom stereocenters. The number of hydrogen-bond donors (Lipinski definition) is 1. The maximum atomic E-state index is 5.46. The summed E-state index contributed by atoms with van der Waals surface area (Å²) < 4.78 is 6.62. The van der Waals surface area contributed by atoms with Gasteiger partial charge in [0.05, 0.1) is 0 Å². The second kappa shape index (κ2) is 5.69. The molecule has 1 aliphatic rings. The Morgan fingerprint density at radius 2 is 2.19 bits per heavy atom. The number of aryl methyl sites for hydroxylation is 1. The summed E-state index contributed by atoms with van der Waals surface area (Å²) in [5.41, 5.74) is 2.47. The van der Waals surface area contributed by atoms with Gasteiger partial charge in [-0.2, -0.15) is 0 Å². The maximum absolute atomic E-state index is 5.46. The highest BCUT2D eigenvalue weighted by Crippen LogP contribution is 2.22. The first-order valence-corrected chi connectivity index (χ1v) is 6.65. The van der Waals surface area contributed by atoms with Gasteiger partial charge in [0.25, 0.3) is 0 Å². The molecule has 0 radical (unpaired) electrons. The summed E-state index contributed by atoms with van der Waals surface area (Å²) in [6, 6.07) is 6.99. The molecule has 88 valence electrons. The first-order chi connectivity index (χ1) is 7.75. The van der Waals surface area contributed by atoms with E-state index in [9.17, 15) is 0 Å². The average molecular weight is 284 g/mol. The minimum Gasteiger partial charge on any atom is -0.382 e. The Morgan fingerprint density at radius 3 is 3.00 bits per heavy atom. The maximum Gasteiger partial charge on any atom is 0.0485 e. The molecule has 1 atom stereocenters. The predicted octanol–water partition coefficient (Wildman–Crippen LogP) is 3.74. The molecule has 0 aliphatic carbocycles. The molecule has 16 heavy (non-hydrogen) atoms. The zero-order valence-electron chi connectivity index (χ0n) is 9.63. The van der Waals surface area contributed by atoms with Crippen molar-refractivity contribution in [2.45, 2.75) is 32.2 Å². The molecule has 1 N–H and O–H groups in total. The zero-order chi connectivity index (χ0) is 11.4. The van der Waals surface area contributed by atoms with Crippen LogP contribution in [0.3, 0.4) is 0 Å². The highest BCUT2D eigenvalue weighted by Gasteiger charge is 2.12. The molecule has 0 saturated carbocycles. The zero-order valence-corrected chi connectivity index (χ0v) is 11.2. The third-order valence-corrected chi connectivity index (χ3v) is 3.85. The number of rotatable bonds is 2. The van der Waals surface area contributed by atoms with E-state index in [4.69, 9.17) is 4.74 Å². The Bertz CT molecular complexity index is 346. The lowest BCUT2D eigenvalue weighted by atomic mass is 10.1. The number of hydrogen-bond acceptors (Lipinski definition) is 2. The van der Waals surface area contributed by atoms with Gasteiger partial charge in [-0.05, 0) is 43.9 Å². The van der Waals surface area contributed by atoms with Gasteiger partial charge in [-0.3, -0.25) is 0 Å². The van der Waals surface area contributed by atoms with Gasteiger partial charge in [0.15, 0.2) is 0 Å². The number of anilines is 1. The van der Waals surface area contributed by atoms with Crippen molar-refractivity contribution in [1.82, 2.24) is 0 Å². The van der Waals surface area contributed by atoms with Crippen LogP contribution in [-0.2, 0) is 4.74 Å². The summed E-state index contributed by atoms with van der Waals surface area (Å²) in [5.74, 6) is 0. The minimum atomic E-state index is 0.553. The van der Waals surface area contributed by atoms with Crippen LogP contribution in [-0.4, -0.2) is 19.3 Å². The number of halogens is 1. The molecule has 1 saturated heterocycles. The standard InChI is InChI=1S/C13H18BrNO/c1-10-4-5-12(9-13(10)14)15-11-3-2-7-16-8-6-11/h4-5,9,11,15H,2-3,6-8H2,1H3. The van der Waals surface area contributed by atoms with Gasteiger partial charge in [-0.25, -0.2) is 0 Å². The van der Waals surface area contributed by atoms with Gasteiger partial charge in [-0.15, -0.1) is 0 Å². The Hall–Kier alpha value is -0.540. The molecule has 1 heterocycles. The van der Waals surface area contributed by atoms with Crippen molar-refractivity contribution in [2.24, 2.45) is 0 Å². The Kier molecular flexibility index (Phi) is 4.24. The fourth-order valence-corrected chi connectivity index (χ4v) is 2.35. The van der Waals surface area contributed by atoms with Crippen LogP contribution in [0.25, 0.3) is 0 Å². The van der Waals surface area contributed by atoms with Crippen LogP contribution >= 0.6 is 15.9 Å². The Morgan fingerprint density at radius 1 is 1.31 bits per heavy atom. The van der Waals surface area contributed by atoms with Crippen molar-refractivity contribution in [1.29, 1.82) is 0 Å². The lowest BCUT2D eigenvalue weighted by molar-refractivity contribution is 0.144. The fraction of sp³-hybridized carbons (Fsp3) is 0.538. The summed E-state index contributed by atoms with van der Waals surface area (Å²) in [4.78, 5) is 0. The molecular weight excluding hydrogens is 266 g/mol. The minimum absolute atomic E-state index is 0.553. The molecule has 3 heteroatoms. The summed E-state index contributed by atoms with van der Waals surface area (Å²) >= 11 is 3.56. The third-order valence-electron chi connectivity index (χ3n) is 2.99. The smallest absolute Gasteiger partial charge is 0.0485 e. The topological polar surface area (TPSA) is 21.3 Å². The van der Waals surface area contributed by atoms with Crippen LogP contribution in [0.5, 0.6) is 0 Å². The molecule has 0 aromatic heterocycles. The SMILES string of the molecule is Cc1ccc(NC2CCCOCC2)cc1Br. The fourth-order valence-electron chi connectivity index (χ4n) is 1.97. The third kappa shape index (κ3) is 3.22. The summed E-state index contributed by atoms with van der Waals surface area (Å²) in [6.07, 6.45) is 3.46. The van der Waals surface area contributed by atoms with Crippen molar-refractivity contribution in [3.8, 4) is 0 Å². The van der Waals surface area contributed by atoms with Crippen molar-refractivity contribution in [3.63, 3.8) is 0 Å². The lowest BCUT2D eigenvalue weighted by Crippen LogP contribution is -2.19. The van der Waals surface area contributed by atoms with Crippen LogP contribution in [0.4, 0.5) is 5.69 Å². The van der Waals surface area contributed by atoms with Crippen LogP contribution in [0.15, 0.2) is 22.7 Å². The van der Waals surface area contributed by atoms with Crippen LogP contribution in [0, 0.1) is 6.92 Å². The second-order valence-electron chi connectivity index (χ2n) is 4.35. The molecule has 1 aromatic rings. The Balaban J connectivity index is 1.99. The van der Waals surface area contributed by atoms with E-state index < -0.39 is 0 Å². The van der Waals surface area contributed by atoms with E-state index in [0.29, 0.717) is 6.04 Å². The van der Waals surface area contributed by atoms with Gasteiger partial charge in [0, 0.05) is 29.4 Å².